The van der Waals surface area contributed by atoms with Crippen molar-refractivity contribution in [1.82, 2.24) is 5.32 Å². The van der Waals surface area contributed by atoms with Gasteiger partial charge in [0.2, 0.25) is 5.75 Å². The van der Waals surface area contributed by atoms with Gasteiger partial charge in [-0.15, -0.1) is 0 Å². The minimum absolute atomic E-state index is 0.474. The van der Waals surface area contributed by atoms with Crippen LogP contribution in [-0.4, -0.2) is 33.0 Å². The summed E-state index contributed by atoms with van der Waals surface area (Å²) in [5.41, 5.74) is 1.81. The van der Waals surface area contributed by atoms with Gasteiger partial charge >= 0.3 is 0 Å². The van der Waals surface area contributed by atoms with Crippen LogP contribution in [0.1, 0.15) is 5.56 Å². The number of hydrogen-bond donors (Lipinski definition) is 2. The molecular formula is C20H24N2O4S. The van der Waals surface area contributed by atoms with Gasteiger partial charge in [0.25, 0.3) is 0 Å². The zero-order chi connectivity index (χ0) is 19.6. The summed E-state index contributed by atoms with van der Waals surface area (Å²) in [4.78, 5) is 0. The van der Waals surface area contributed by atoms with Gasteiger partial charge in [-0.05, 0) is 54.2 Å². The van der Waals surface area contributed by atoms with Gasteiger partial charge in [0, 0.05) is 12.2 Å². The fourth-order valence-electron chi connectivity index (χ4n) is 2.38. The van der Waals surface area contributed by atoms with Gasteiger partial charge in [-0.3, -0.25) is 0 Å². The maximum atomic E-state index is 5.45. The monoisotopic (exact) mass is 388 g/mol. The van der Waals surface area contributed by atoms with E-state index in [0.717, 1.165) is 17.0 Å². The lowest BCUT2D eigenvalue weighted by Gasteiger charge is -2.15. The lowest BCUT2D eigenvalue weighted by Crippen LogP contribution is -2.27. The van der Waals surface area contributed by atoms with E-state index < -0.39 is 0 Å². The van der Waals surface area contributed by atoms with E-state index in [1.54, 1.807) is 27.4 Å². The highest BCUT2D eigenvalue weighted by Crippen LogP contribution is 2.38. The molecule has 2 aromatic carbocycles. The molecule has 0 unspecified atom stereocenters. The van der Waals surface area contributed by atoms with Gasteiger partial charge in [0.15, 0.2) is 16.6 Å². The Morgan fingerprint density at radius 1 is 1.04 bits per heavy atom. The highest BCUT2D eigenvalue weighted by molar-refractivity contribution is 7.80. The average Bonchev–Trinajstić information content (AvgIpc) is 2.70. The first-order chi connectivity index (χ1) is 13.1. The number of rotatable bonds is 9. The molecule has 0 fully saturated rings. The fraction of sp³-hybridized carbons (Fsp3) is 0.250. The van der Waals surface area contributed by atoms with Crippen LogP contribution in [0.4, 0.5) is 5.69 Å². The molecular weight excluding hydrogens is 364 g/mol. The summed E-state index contributed by atoms with van der Waals surface area (Å²) in [6.45, 7) is 4.60. The fourth-order valence-corrected chi connectivity index (χ4v) is 2.57. The second kappa shape index (κ2) is 10.3. The number of nitrogens with one attached hydrogen (secondary N) is 2. The van der Waals surface area contributed by atoms with Crippen LogP contribution in [0.2, 0.25) is 0 Å². The SMILES string of the molecule is C=CCOc1ccc(NC(=S)NCc2cc(OC)c(OC)c(OC)c2)cc1. The van der Waals surface area contributed by atoms with Gasteiger partial charge in [0.1, 0.15) is 12.4 Å². The minimum Gasteiger partial charge on any atom is -0.493 e. The molecule has 144 valence electrons. The van der Waals surface area contributed by atoms with Crippen LogP contribution in [0.15, 0.2) is 49.1 Å². The van der Waals surface area contributed by atoms with Gasteiger partial charge in [-0.1, -0.05) is 12.7 Å². The van der Waals surface area contributed by atoms with Crippen molar-refractivity contribution in [3.63, 3.8) is 0 Å². The van der Waals surface area contributed by atoms with E-state index >= 15 is 0 Å². The van der Waals surface area contributed by atoms with Crippen molar-refractivity contribution >= 4 is 23.0 Å². The molecule has 0 heterocycles. The molecule has 27 heavy (non-hydrogen) atoms. The molecule has 0 aliphatic heterocycles. The van der Waals surface area contributed by atoms with Gasteiger partial charge < -0.3 is 29.6 Å². The smallest absolute Gasteiger partial charge is 0.203 e. The van der Waals surface area contributed by atoms with Crippen LogP contribution >= 0.6 is 12.2 Å². The molecule has 2 N–H and O–H groups in total. The van der Waals surface area contributed by atoms with Gasteiger partial charge in [-0.2, -0.15) is 0 Å². The molecule has 0 aliphatic carbocycles. The minimum atomic E-state index is 0.474. The molecule has 6 nitrogen and oxygen atoms in total. The van der Waals surface area contributed by atoms with E-state index in [1.807, 2.05) is 36.4 Å². The van der Waals surface area contributed by atoms with Crippen molar-refractivity contribution in [3.05, 3.63) is 54.6 Å². The van der Waals surface area contributed by atoms with Crippen LogP contribution in [0.25, 0.3) is 0 Å². The summed E-state index contributed by atoms with van der Waals surface area (Å²) in [5, 5.41) is 6.80. The van der Waals surface area contributed by atoms with Crippen LogP contribution in [0, 0.1) is 0 Å². The molecule has 0 bridgehead atoms. The van der Waals surface area contributed by atoms with Crippen molar-refractivity contribution in [3.8, 4) is 23.0 Å². The molecule has 0 saturated carbocycles. The molecule has 2 aromatic rings. The number of benzene rings is 2. The third-order valence-corrected chi connectivity index (χ3v) is 3.90. The summed E-state index contributed by atoms with van der Waals surface area (Å²) in [6.07, 6.45) is 1.70. The zero-order valence-corrected chi connectivity index (χ0v) is 16.5. The predicted molar refractivity (Wildman–Crippen MR) is 111 cm³/mol. The van der Waals surface area contributed by atoms with Crippen molar-refractivity contribution in [2.45, 2.75) is 6.54 Å². The summed E-state index contributed by atoms with van der Waals surface area (Å²) >= 11 is 5.36. The standard InChI is InChI=1S/C20H24N2O4S/c1-5-10-26-16-8-6-15(7-9-16)22-20(27)21-13-14-11-17(23-2)19(25-4)18(12-14)24-3/h5-9,11-12H,1,10,13H2,2-4H3,(H2,21,22,27). The van der Waals surface area contributed by atoms with E-state index in [-0.39, 0.29) is 0 Å². The van der Waals surface area contributed by atoms with E-state index in [9.17, 15) is 0 Å². The first-order valence-electron chi connectivity index (χ1n) is 8.28. The van der Waals surface area contributed by atoms with Crippen LogP contribution in [-0.2, 0) is 6.54 Å². The Morgan fingerprint density at radius 2 is 1.67 bits per heavy atom. The Kier molecular flexibility index (Phi) is 7.76. The highest BCUT2D eigenvalue weighted by Gasteiger charge is 2.13. The Balaban J connectivity index is 1.96. The second-order valence-corrected chi connectivity index (χ2v) is 5.87. The van der Waals surface area contributed by atoms with E-state index in [1.165, 1.54) is 0 Å². The number of ether oxygens (including phenoxy) is 4. The molecule has 2 rings (SSSR count). The maximum Gasteiger partial charge on any atom is 0.203 e. The Hall–Kier alpha value is -2.93. The number of thiocarbonyl (C=S) groups is 1. The summed E-state index contributed by atoms with van der Waals surface area (Å²) in [5.74, 6) is 2.53. The zero-order valence-electron chi connectivity index (χ0n) is 15.7. The Morgan fingerprint density at radius 3 is 2.19 bits per heavy atom. The quantitative estimate of drug-likeness (QED) is 0.501. The van der Waals surface area contributed by atoms with Crippen molar-refractivity contribution in [1.29, 1.82) is 0 Å². The molecule has 0 aromatic heterocycles. The molecule has 0 amide bonds. The normalized spacial score (nSPS) is 9.89. The lowest BCUT2D eigenvalue weighted by molar-refractivity contribution is 0.323. The summed E-state index contributed by atoms with van der Waals surface area (Å²) in [7, 11) is 4.75. The molecule has 0 atom stereocenters. The van der Waals surface area contributed by atoms with Crippen molar-refractivity contribution in [2.75, 3.05) is 33.3 Å². The molecule has 7 heteroatoms. The number of methoxy groups -OCH3 is 3. The molecule has 0 aliphatic rings. The van der Waals surface area contributed by atoms with Crippen LogP contribution in [0.5, 0.6) is 23.0 Å². The first-order valence-corrected chi connectivity index (χ1v) is 8.69. The number of hydrogen-bond acceptors (Lipinski definition) is 5. The van der Waals surface area contributed by atoms with Crippen molar-refractivity contribution in [2.24, 2.45) is 0 Å². The third kappa shape index (κ3) is 5.79. The van der Waals surface area contributed by atoms with Crippen LogP contribution in [0.3, 0.4) is 0 Å². The lowest BCUT2D eigenvalue weighted by atomic mass is 10.2. The topological polar surface area (TPSA) is 61.0 Å². The maximum absolute atomic E-state index is 5.45. The third-order valence-electron chi connectivity index (χ3n) is 3.66. The largest absolute Gasteiger partial charge is 0.493 e. The molecule has 0 saturated heterocycles. The number of anilines is 1. The molecule has 0 radical (unpaired) electrons. The second-order valence-electron chi connectivity index (χ2n) is 5.47. The van der Waals surface area contributed by atoms with Crippen molar-refractivity contribution < 1.29 is 18.9 Å². The summed E-state index contributed by atoms with van der Waals surface area (Å²) < 4.78 is 21.5. The molecule has 0 spiro atoms. The Bertz CT molecular complexity index is 753. The van der Waals surface area contributed by atoms with Gasteiger partial charge in [0.05, 0.1) is 21.3 Å². The summed E-state index contributed by atoms with van der Waals surface area (Å²) in [6, 6.07) is 11.3. The first kappa shape index (κ1) is 20.4. The average molecular weight is 388 g/mol. The Labute approximate surface area is 165 Å². The van der Waals surface area contributed by atoms with Gasteiger partial charge in [-0.25, -0.2) is 0 Å². The predicted octanol–water partition coefficient (Wildman–Crippen LogP) is 3.76. The highest BCUT2D eigenvalue weighted by atomic mass is 32.1. The van der Waals surface area contributed by atoms with E-state index in [2.05, 4.69) is 17.2 Å². The van der Waals surface area contributed by atoms with E-state index in [0.29, 0.717) is 35.5 Å². The van der Waals surface area contributed by atoms with E-state index in [4.69, 9.17) is 31.2 Å². The van der Waals surface area contributed by atoms with Crippen LogP contribution < -0.4 is 29.6 Å².